The van der Waals surface area contributed by atoms with Crippen LogP contribution in [0.5, 0.6) is 0 Å². The van der Waals surface area contributed by atoms with Gasteiger partial charge in [-0.05, 0) is 31.2 Å². The van der Waals surface area contributed by atoms with Crippen molar-refractivity contribution in [1.29, 1.82) is 0 Å². The third-order valence-corrected chi connectivity index (χ3v) is 3.39. The number of nitrogens with one attached hydrogen (secondary N) is 1. The lowest BCUT2D eigenvalue weighted by molar-refractivity contribution is 0.0329. The summed E-state index contributed by atoms with van der Waals surface area (Å²) in [6.07, 6.45) is 3.00. The topological polar surface area (TPSA) is 93.2 Å². The number of amides is 1. The number of aromatic nitrogens is 3. The molecule has 1 aromatic carbocycles. The zero-order valence-corrected chi connectivity index (χ0v) is 12.5. The van der Waals surface area contributed by atoms with E-state index in [9.17, 15) is 9.90 Å². The zero-order chi connectivity index (χ0) is 16.3. The lowest BCUT2D eigenvalue weighted by Crippen LogP contribution is -2.38. The van der Waals surface area contributed by atoms with Crippen LogP contribution in [-0.4, -0.2) is 32.6 Å². The van der Waals surface area contributed by atoms with Crippen molar-refractivity contribution < 1.29 is 14.3 Å². The van der Waals surface area contributed by atoms with Crippen molar-refractivity contribution in [3.05, 3.63) is 66.4 Å². The minimum absolute atomic E-state index is 0.00244. The first-order chi connectivity index (χ1) is 11.1. The predicted molar refractivity (Wildman–Crippen MR) is 82.0 cm³/mol. The van der Waals surface area contributed by atoms with Crippen molar-refractivity contribution in [2.75, 3.05) is 6.54 Å². The molecule has 0 radical (unpaired) electrons. The second kappa shape index (κ2) is 6.05. The Balaban J connectivity index is 1.66. The Bertz CT molecular complexity index is 779. The van der Waals surface area contributed by atoms with Gasteiger partial charge in [-0.1, -0.05) is 23.4 Å². The molecular formula is C16H16N4O3. The van der Waals surface area contributed by atoms with Crippen molar-refractivity contribution in [1.82, 2.24) is 20.3 Å². The summed E-state index contributed by atoms with van der Waals surface area (Å²) in [6, 6.07) is 12.7. The van der Waals surface area contributed by atoms with Gasteiger partial charge in [0.25, 0.3) is 5.91 Å². The van der Waals surface area contributed by atoms with Gasteiger partial charge in [0.2, 0.25) is 0 Å². The highest BCUT2D eigenvalue weighted by Crippen LogP contribution is 2.19. The monoisotopic (exact) mass is 312 g/mol. The highest BCUT2D eigenvalue weighted by molar-refractivity contribution is 5.91. The highest BCUT2D eigenvalue weighted by atomic mass is 16.4. The Morgan fingerprint density at radius 3 is 2.78 bits per heavy atom. The number of carbonyl (C=O) groups excluding carboxylic acids is 1. The molecule has 1 unspecified atom stereocenters. The standard InChI is InChI=1S/C16H16N4O3/c1-16(22,14-8-5-9-23-14)11-17-15(21)13-10-20(19-18-13)12-6-3-2-4-7-12/h2-10,22H,11H2,1H3,(H,17,21). The molecule has 7 nitrogen and oxygen atoms in total. The van der Waals surface area contributed by atoms with Gasteiger partial charge in [-0.2, -0.15) is 0 Å². The fraction of sp³-hybridized carbons (Fsp3) is 0.188. The zero-order valence-electron chi connectivity index (χ0n) is 12.5. The van der Waals surface area contributed by atoms with E-state index in [1.54, 1.807) is 19.1 Å². The normalized spacial score (nSPS) is 13.5. The third kappa shape index (κ3) is 3.29. The summed E-state index contributed by atoms with van der Waals surface area (Å²) < 4.78 is 6.68. The second-order valence-electron chi connectivity index (χ2n) is 5.32. The van der Waals surface area contributed by atoms with Gasteiger partial charge in [0.15, 0.2) is 5.69 Å². The highest BCUT2D eigenvalue weighted by Gasteiger charge is 2.27. The summed E-state index contributed by atoms with van der Waals surface area (Å²) in [5.41, 5.74) is -0.320. The summed E-state index contributed by atoms with van der Waals surface area (Å²) in [4.78, 5) is 12.1. The number of carbonyl (C=O) groups is 1. The number of para-hydroxylation sites is 1. The molecule has 7 heteroatoms. The molecule has 0 aliphatic rings. The maximum atomic E-state index is 12.1. The van der Waals surface area contributed by atoms with Gasteiger partial charge < -0.3 is 14.8 Å². The smallest absolute Gasteiger partial charge is 0.273 e. The number of nitrogens with zero attached hydrogens (tertiary/aromatic N) is 3. The molecule has 3 aromatic rings. The molecule has 0 saturated heterocycles. The molecule has 3 rings (SSSR count). The largest absolute Gasteiger partial charge is 0.466 e. The average Bonchev–Trinajstić information content (AvgIpc) is 3.25. The summed E-state index contributed by atoms with van der Waals surface area (Å²) in [7, 11) is 0. The Labute approximate surface area is 132 Å². The fourth-order valence-corrected chi connectivity index (χ4v) is 2.09. The number of hydrogen-bond donors (Lipinski definition) is 2. The molecule has 0 aliphatic carbocycles. The second-order valence-corrected chi connectivity index (χ2v) is 5.32. The van der Waals surface area contributed by atoms with Crippen molar-refractivity contribution in [3.8, 4) is 5.69 Å². The Kier molecular flexibility index (Phi) is 3.94. The summed E-state index contributed by atoms with van der Waals surface area (Å²) in [5, 5.41) is 20.7. The van der Waals surface area contributed by atoms with Crippen molar-refractivity contribution in [2.24, 2.45) is 0 Å². The molecule has 2 aromatic heterocycles. The molecule has 0 saturated carbocycles. The number of aliphatic hydroxyl groups is 1. The molecule has 0 fully saturated rings. The maximum absolute atomic E-state index is 12.1. The van der Waals surface area contributed by atoms with Gasteiger partial charge in [-0.3, -0.25) is 4.79 Å². The van der Waals surface area contributed by atoms with Crippen LogP contribution < -0.4 is 5.32 Å². The molecule has 0 bridgehead atoms. The molecule has 23 heavy (non-hydrogen) atoms. The number of rotatable bonds is 5. The molecule has 2 N–H and O–H groups in total. The van der Waals surface area contributed by atoms with Gasteiger partial charge in [-0.15, -0.1) is 5.10 Å². The van der Waals surface area contributed by atoms with Gasteiger partial charge in [0.05, 0.1) is 24.7 Å². The van der Waals surface area contributed by atoms with Crippen LogP contribution in [-0.2, 0) is 5.60 Å². The van der Waals surface area contributed by atoms with E-state index in [0.29, 0.717) is 5.76 Å². The number of benzene rings is 1. The summed E-state index contributed by atoms with van der Waals surface area (Å²) >= 11 is 0. The van der Waals surface area contributed by atoms with E-state index in [1.165, 1.54) is 17.1 Å². The predicted octanol–water partition coefficient (Wildman–Crippen LogP) is 1.50. The Morgan fingerprint density at radius 1 is 1.30 bits per heavy atom. The van der Waals surface area contributed by atoms with Crippen LogP contribution in [0.4, 0.5) is 0 Å². The van der Waals surface area contributed by atoms with E-state index in [1.807, 2.05) is 30.3 Å². The maximum Gasteiger partial charge on any atom is 0.273 e. The van der Waals surface area contributed by atoms with Crippen LogP contribution in [0.25, 0.3) is 5.69 Å². The van der Waals surface area contributed by atoms with Crippen LogP contribution >= 0.6 is 0 Å². The van der Waals surface area contributed by atoms with E-state index in [4.69, 9.17) is 4.42 Å². The molecule has 2 heterocycles. The molecule has 1 amide bonds. The minimum Gasteiger partial charge on any atom is -0.466 e. The Hall–Kier alpha value is -2.93. The number of hydrogen-bond acceptors (Lipinski definition) is 5. The Morgan fingerprint density at radius 2 is 2.09 bits per heavy atom. The van der Waals surface area contributed by atoms with E-state index in [0.717, 1.165) is 5.69 Å². The molecule has 1 atom stereocenters. The van der Waals surface area contributed by atoms with E-state index in [2.05, 4.69) is 15.6 Å². The van der Waals surface area contributed by atoms with Crippen molar-refractivity contribution in [2.45, 2.75) is 12.5 Å². The summed E-state index contributed by atoms with van der Waals surface area (Å²) in [5.74, 6) is -0.0373. The summed E-state index contributed by atoms with van der Waals surface area (Å²) in [6.45, 7) is 1.56. The van der Waals surface area contributed by atoms with Crippen molar-refractivity contribution >= 4 is 5.91 Å². The van der Waals surface area contributed by atoms with Crippen molar-refractivity contribution in [3.63, 3.8) is 0 Å². The van der Waals surface area contributed by atoms with Gasteiger partial charge in [-0.25, -0.2) is 4.68 Å². The van der Waals surface area contributed by atoms with E-state index >= 15 is 0 Å². The van der Waals surface area contributed by atoms with Gasteiger partial charge in [0.1, 0.15) is 11.4 Å². The SMILES string of the molecule is CC(O)(CNC(=O)c1cn(-c2ccccc2)nn1)c1ccco1. The van der Waals surface area contributed by atoms with Crippen LogP contribution in [0.2, 0.25) is 0 Å². The van der Waals surface area contributed by atoms with Gasteiger partial charge in [0, 0.05) is 0 Å². The first-order valence-electron chi connectivity index (χ1n) is 7.08. The molecule has 0 spiro atoms. The third-order valence-electron chi connectivity index (χ3n) is 3.39. The molecular weight excluding hydrogens is 296 g/mol. The lowest BCUT2D eigenvalue weighted by Gasteiger charge is -2.20. The fourth-order valence-electron chi connectivity index (χ4n) is 2.09. The molecule has 0 aliphatic heterocycles. The van der Waals surface area contributed by atoms with E-state index in [-0.39, 0.29) is 12.2 Å². The van der Waals surface area contributed by atoms with Crippen LogP contribution in [0, 0.1) is 0 Å². The quantitative estimate of drug-likeness (QED) is 0.744. The van der Waals surface area contributed by atoms with Crippen LogP contribution in [0.1, 0.15) is 23.2 Å². The van der Waals surface area contributed by atoms with Crippen LogP contribution in [0.3, 0.4) is 0 Å². The first kappa shape index (κ1) is 15.0. The average molecular weight is 312 g/mol. The van der Waals surface area contributed by atoms with Crippen LogP contribution in [0.15, 0.2) is 59.3 Å². The minimum atomic E-state index is -1.30. The lowest BCUT2D eigenvalue weighted by atomic mass is 10.0. The van der Waals surface area contributed by atoms with Gasteiger partial charge >= 0.3 is 0 Å². The van der Waals surface area contributed by atoms with E-state index < -0.39 is 11.5 Å². The first-order valence-corrected chi connectivity index (χ1v) is 7.08. The molecule has 118 valence electrons. The number of furan rings is 1.